The maximum Gasteiger partial charge on any atom is 0.242 e. The summed E-state index contributed by atoms with van der Waals surface area (Å²) in [7, 11) is -3.67. The SMILES string of the molecule is Cc1cc(CNS(=O)(=O)c2cc(Cl)ccc2N)sc1C. The van der Waals surface area contributed by atoms with Crippen molar-refractivity contribution in [2.45, 2.75) is 25.3 Å². The van der Waals surface area contributed by atoms with Gasteiger partial charge in [0.15, 0.2) is 0 Å². The molecule has 0 fully saturated rings. The first-order chi connectivity index (χ1) is 9.29. The highest BCUT2D eigenvalue weighted by atomic mass is 35.5. The number of anilines is 1. The zero-order valence-corrected chi connectivity index (χ0v) is 13.5. The molecule has 0 aliphatic rings. The molecule has 0 atom stereocenters. The van der Waals surface area contributed by atoms with Crippen LogP contribution in [0.1, 0.15) is 15.3 Å². The third-order valence-corrected chi connectivity index (χ3v) is 5.76. The fourth-order valence-electron chi connectivity index (χ4n) is 1.72. The van der Waals surface area contributed by atoms with E-state index in [2.05, 4.69) is 4.72 Å². The van der Waals surface area contributed by atoms with Gasteiger partial charge in [0.25, 0.3) is 0 Å². The molecule has 7 heteroatoms. The van der Waals surface area contributed by atoms with E-state index in [0.717, 1.165) is 10.4 Å². The molecular formula is C13H15ClN2O2S2. The average Bonchev–Trinajstić information content (AvgIpc) is 2.69. The second-order valence-electron chi connectivity index (χ2n) is 4.46. The van der Waals surface area contributed by atoms with Crippen LogP contribution in [-0.2, 0) is 16.6 Å². The highest BCUT2D eigenvalue weighted by molar-refractivity contribution is 7.89. The van der Waals surface area contributed by atoms with Crippen LogP contribution in [0.4, 0.5) is 5.69 Å². The number of nitrogens with one attached hydrogen (secondary N) is 1. The number of nitrogens with two attached hydrogens (primary N) is 1. The Bertz CT molecular complexity index is 719. The van der Waals surface area contributed by atoms with Gasteiger partial charge in [-0.2, -0.15) is 0 Å². The van der Waals surface area contributed by atoms with Crippen molar-refractivity contribution in [3.05, 3.63) is 44.6 Å². The van der Waals surface area contributed by atoms with Gasteiger partial charge in [0.05, 0.1) is 5.69 Å². The first kappa shape index (κ1) is 15.3. The van der Waals surface area contributed by atoms with Gasteiger partial charge in [-0.05, 0) is 43.7 Å². The summed E-state index contributed by atoms with van der Waals surface area (Å²) in [6, 6.07) is 6.37. The van der Waals surface area contributed by atoms with Gasteiger partial charge in [-0.15, -0.1) is 11.3 Å². The van der Waals surface area contributed by atoms with Crippen LogP contribution in [0.15, 0.2) is 29.2 Å². The molecule has 0 unspecified atom stereocenters. The maximum atomic E-state index is 12.2. The standard InChI is InChI=1S/C13H15ClN2O2S2/c1-8-5-11(19-9(8)2)7-16-20(17,18)13-6-10(14)3-4-12(13)15/h3-6,16H,7,15H2,1-2H3. The molecule has 3 N–H and O–H groups in total. The van der Waals surface area contributed by atoms with Crippen molar-refractivity contribution in [1.82, 2.24) is 4.72 Å². The molecule has 0 aliphatic carbocycles. The molecule has 4 nitrogen and oxygen atoms in total. The summed E-state index contributed by atoms with van der Waals surface area (Å²) in [4.78, 5) is 2.15. The Balaban J connectivity index is 2.21. The minimum absolute atomic E-state index is 0.00926. The summed E-state index contributed by atoms with van der Waals surface area (Å²) in [5.74, 6) is 0. The number of aryl methyl sites for hydroxylation is 2. The molecule has 1 aromatic heterocycles. The van der Waals surface area contributed by atoms with Gasteiger partial charge in [0.2, 0.25) is 10.0 Å². The van der Waals surface area contributed by atoms with Crippen LogP contribution in [0.25, 0.3) is 0 Å². The van der Waals surface area contributed by atoms with Gasteiger partial charge >= 0.3 is 0 Å². The number of nitrogen functional groups attached to an aromatic ring is 1. The van der Waals surface area contributed by atoms with E-state index < -0.39 is 10.0 Å². The van der Waals surface area contributed by atoms with Crippen LogP contribution in [0.5, 0.6) is 0 Å². The van der Waals surface area contributed by atoms with E-state index in [-0.39, 0.29) is 17.1 Å². The Morgan fingerprint density at radius 3 is 2.60 bits per heavy atom. The number of benzene rings is 1. The fraction of sp³-hybridized carbons (Fsp3) is 0.231. The molecule has 0 saturated heterocycles. The zero-order valence-electron chi connectivity index (χ0n) is 11.1. The maximum absolute atomic E-state index is 12.2. The molecule has 0 saturated carbocycles. The van der Waals surface area contributed by atoms with Crippen LogP contribution < -0.4 is 10.5 Å². The lowest BCUT2D eigenvalue weighted by Gasteiger charge is -2.08. The van der Waals surface area contributed by atoms with Gasteiger partial charge in [-0.25, -0.2) is 13.1 Å². The van der Waals surface area contributed by atoms with E-state index in [1.54, 1.807) is 17.4 Å². The normalized spacial score (nSPS) is 11.8. The van der Waals surface area contributed by atoms with E-state index in [0.29, 0.717) is 5.02 Å². The molecule has 2 rings (SSSR count). The summed E-state index contributed by atoms with van der Waals surface area (Å²) in [6.45, 7) is 4.25. The molecule has 2 aromatic rings. The topological polar surface area (TPSA) is 72.2 Å². The van der Waals surface area contributed by atoms with E-state index in [4.69, 9.17) is 17.3 Å². The number of hydrogen-bond acceptors (Lipinski definition) is 4. The third-order valence-electron chi connectivity index (χ3n) is 2.92. The van der Waals surface area contributed by atoms with Crippen LogP contribution in [0, 0.1) is 13.8 Å². The molecule has 1 aromatic carbocycles. The van der Waals surface area contributed by atoms with Gasteiger partial charge in [0.1, 0.15) is 4.90 Å². The molecule has 0 radical (unpaired) electrons. The average molecular weight is 331 g/mol. The van der Waals surface area contributed by atoms with Gasteiger partial charge in [0, 0.05) is 21.3 Å². The molecule has 1 heterocycles. The number of thiophene rings is 1. The Labute approximate surface area is 127 Å². The molecule has 20 heavy (non-hydrogen) atoms. The van der Waals surface area contributed by atoms with Crippen molar-refractivity contribution in [2.75, 3.05) is 5.73 Å². The predicted molar refractivity (Wildman–Crippen MR) is 83.7 cm³/mol. The fourth-order valence-corrected chi connectivity index (χ4v) is 4.20. The van der Waals surface area contributed by atoms with Gasteiger partial charge < -0.3 is 5.73 Å². The van der Waals surface area contributed by atoms with Crippen molar-refractivity contribution < 1.29 is 8.42 Å². The lowest BCUT2D eigenvalue weighted by atomic mass is 10.3. The second-order valence-corrected chi connectivity index (χ2v) is 7.97. The van der Waals surface area contributed by atoms with E-state index in [1.165, 1.54) is 17.0 Å². The van der Waals surface area contributed by atoms with Crippen LogP contribution >= 0.6 is 22.9 Å². The van der Waals surface area contributed by atoms with Crippen LogP contribution in [-0.4, -0.2) is 8.42 Å². The van der Waals surface area contributed by atoms with Gasteiger partial charge in [-0.3, -0.25) is 0 Å². The summed E-state index contributed by atoms with van der Waals surface area (Å²) in [5, 5.41) is 0.336. The van der Waals surface area contributed by atoms with E-state index in [1.807, 2.05) is 19.9 Å². The van der Waals surface area contributed by atoms with Crippen molar-refractivity contribution in [1.29, 1.82) is 0 Å². The minimum atomic E-state index is -3.67. The summed E-state index contributed by atoms with van der Waals surface area (Å²) in [5.41, 5.74) is 7.04. The van der Waals surface area contributed by atoms with E-state index >= 15 is 0 Å². The molecule has 0 bridgehead atoms. The highest BCUT2D eigenvalue weighted by Crippen LogP contribution is 2.24. The first-order valence-electron chi connectivity index (χ1n) is 5.90. The van der Waals surface area contributed by atoms with Crippen LogP contribution in [0.3, 0.4) is 0 Å². The zero-order chi connectivity index (χ0) is 14.9. The Hall–Kier alpha value is -1.08. The smallest absolute Gasteiger partial charge is 0.242 e. The second kappa shape index (κ2) is 5.73. The summed E-state index contributed by atoms with van der Waals surface area (Å²) < 4.78 is 27.0. The first-order valence-corrected chi connectivity index (χ1v) is 8.58. The van der Waals surface area contributed by atoms with Crippen molar-refractivity contribution in [3.63, 3.8) is 0 Å². The number of sulfonamides is 1. The monoisotopic (exact) mass is 330 g/mol. The number of rotatable bonds is 4. The number of halogens is 1. The molecule has 108 valence electrons. The van der Waals surface area contributed by atoms with Crippen molar-refractivity contribution in [3.8, 4) is 0 Å². The Morgan fingerprint density at radius 2 is 2.00 bits per heavy atom. The van der Waals surface area contributed by atoms with Crippen LogP contribution in [0.2, 0.25) is 5.02 Å². The Morgan fingerprint density at radius 1 is 1.30 bits per heavy atom. The lowest BCUT2D eigenvalue weighted by molar-refractivity contribution is 0.582. The van der Waals surface area contributed by atoms with Crippen molar-refractivity contribution >= 4 is 38.6 Å². The molecule has 0 amide bonds. The summed E-state index contributed by atoms with van der Waals surface area (Å²) >= 11 is 7.39. The third kappa shape index (κ3) is 3.32. The largest absolute Gasteiger partial charge is 0.398 e. The minimum Gasteiger partial charge on any atom is -0.398 e. The Kier molecular flexibility index (Phi) is 4.39. The number of hydrogen-bond donors (Lipinski definition) is 2. The lowest BCUT2D eigenvalue weighted by Crippen LogP contribution is -2.23. The quantitative estimate of drug-likeness (QED) is 0.846. The van der Waals surface area contributed by atoms with Crippen molar-refractivity contribution in [2.24, 2.45) is 0 Å². The molecule has 0 aliphatic heterocycles. The molecule has 0 spiro atoms. The predicted octanol–water partition coefficient (Wildman–Crippen LogP) is 3.08. The molecular weight excluding hydrogens is 316 g/mol. The van der Waals surface area contributed by atoms with Gasteiger partial charge in [-0.1, -0.05) is 11.6 Å². The highest BCUT2D eigenvalue weighted by Gasteiger charge is 2.18. The van der Waals surface area contributed by atoms with E-state index in [9.17, 15) is 8.42 Å². The summed E-state index contributed by atoms with van der Waals surface area (Å²) in [6.07, 6.45) is 0.